The van der Waals surface area contributed by atoms with E-state index in [1.165, 1.54) is 0 Å². The van der Waals surface area contributed by atoms with E-state index in [2.05, 4.69) is 9.97 Å². The number of rotatable bonds is 3. The molecule has 0 saturated heterocycles. The van der Waals surface area contributed by atoms with Gasteiger partial charge in [-0.25, -0.2) is 9.97 Å². The Hall–Kier alpha value is -1.88. The molecule has 17 heavy (non-hydrogen) atoms. The standard InChI is InChI=1S/C12H16N4O/c1-7(13)5-11-15-10-6-8(17-2)3-4-9(10)12(14)16-11/h3-4,6-7H,5,13H2,1-2H3,(H2,14,15,16). The van der Waals surface area contributed by atoms with Gasteiger partial charge in [0.1, 0.15) is 17.4 Å². The third-order valence-corrected chi connectivity index (χ3v) is 2.48. The van der Waals surface area contributed by atoms with Crippen LogP contribution in [0.15, 0.2) is 18.2 Å². The van der Waals surface area contributed by atoms with E-state index in [9.17, 15) is 0 Å². The number of benzene rings is 1. The highest BCUT2D eigenvalue weighted by Crippen LogP contribution is 2.22. The van der Waals surface area contributed by atoms with Gasteiger partial charge in [0.15, 0.2) is 0 Å². The minimum atomic E-state index is 0.0115. The first-order valence-electron chi connectivity index (χ1n) is 5.46. The molecule has 1 unspecified atom stereocenters. The van der Waals surface area contributed by atoms with E-state index < -0.39 is 0 Å². The second-order valence-electron chi connectivity index (χ2n) is 4.09. The highest BCUT2D eigenvalue weighted by Gasteiger charge is 2.07. The molecule has 5 heteroatoms. The van der Waals surface area contributed by atoms with Crippen molar-refractivity contribution in [1.82, 2.24) is 9.97 Å². The molecule has 0 aliphatic rings. The molecule has 0 saturated carbocycles. The first-order chi connectivity index (χ1) is 8.10. The smallest absolute Gasteiger partial charge is 0.135 e. The summed E-state index contributed by atoms with van der Waals surface area (Å²) in [6, 6.07) is 5.56. The molecule has 4 N–H and O–H groups in total. The molecule has 0 aliphatic carbocycles. The Balaban J connectivity index is 2.53. The van der Waals surface area contributed by atoms with E-state index in [4.69, 9.17) is 16.2 Å². The fourth-order valence-corrected chi connectivity index (χ4v) is 1.69. The van der Waals surface area contributed by atoms with Gasteiger partial charge in [0.25, 0.3) is 0 Å². The second kappa shape index (κ2) is 4.55. The number of nitrogens with zero attached hydrogens (tertiary/aromatic N) is 2. The highest BCUT2D eigenvalue weighted by molar-refractivity contribution is 5.88. The number of hydrogen-bond acceptors (Lipinski definition) is 5. The molecule has 0 spiro atoms. The van der Waals surface area contributed by atoms with Gasteiger partial charge in [0.2, 0.25) is 0 Å². The van der Waals surface area contributed by atoms with Crippen LogP contribution in [0, 0.1) is 0 Å². The SMILES string of the molecule is COc1ccc2c(N)nc(CC(C)N)nc2c1. The zero-order valence-electron chi connectivity index (χ0n) is 9.97. The van der Waals surface area contributed by atoms with Gasteiger partial charge < -0.3 is 16.2 Å². The van der Waals surface area contributed by atoms with E-state index in [0.29, 0.717) is 18.1 Å². The quantitative estimate of drug-likeness (QED) is 0.827. The molecule has 1 atom stereocenters. The molecule has 0 fully saturated rings. The van der Waals surface area contributed by atoms with Gasteiger partial charge in [-0.05, 0) is 19.1 Å². The summed E-state index contributed by atoms with van der Waals surface area (Å²) in [4.78, 5) is 8.68. The Labute approximate surface area is 99.8 Å². The number of hydrogen-bond donors (Lipinski definition) is 2. The van der Waals surface area contributed by atoms with E-state index >= 15 is 0 Å². The Morgan fingerprint density at radius 1 is 1.35 bits per heavy atom. The van der Waals surface area contributed by atoms with Gasteiger partial charge in [-0.15, -0.1) is 0 Å². The van der Waals surface area contributed by atoms with Gasteiger partial charge in [0.05, 0.1) is 12.6 Å². The van der Waals surface area contributed by atoms with Crippen LogP contribution in [0.25, 0.3) is 10.9 Å². The average molecular weight is 232 g/mol. The lowest BCUT2D eigenvalue weighted by Crippen LogP contribution is -2.19. The van der Waals surface area contributed by atoms with Crippen molar-refractivity contribution in [2.24, 2.45) is 5.73 Å². The lowest BCUT2D eigenvalue weighted by Gasteiger charge is -2.08. The molecule has 5 nitrogen and oxygen atoms in total. The van der Waals surface area contributed by atoms with Crippen molar-refractivity contribution in [3.63, 3.8) is 0 Å². The summed E-state index contributed by atoms with van der Waals surface area (Å²) in [7, 11) is 1.62. The normalized spacial score (nSPS) is 12.6. The van der Waals surface area contributed by atoms with Gasteiger partial charge in [0, 0.05) is 23.9 Å². The molecule has 90 valence electrons. The van der Waals surface area contributed by atoms with Crippen molar-refractivity contribution in [2.45, 2.75) is 19.4 Å². The summed E-state index contributed by atoms with van der Waals surface area (Å²) in [6.07, 6.45) is 0.608. The maximum atomic E-state index is 5.89. The molecule has 1 aromatic heterocycles. The molecule has 1 aromatic carbocycles. The van der Waals surface area contributed by atoms with Crippen molar-refractivity contribution < 1.29 is 4.74 Å². The predicted molar refractivity (Wildman–Crippen MR) is 67.9 cm³/mol. The monoisotopic (exact) mass is 232 g/mol. The number of methoxy groups -OCH3 is 1. The summed E-state index contributed by atoms with van der Waals surface area (Å²) in [5.41, 5.74) is 12.4. The molecule has 2 aromatic rings. The summed E-state index contributed by atoms with van der Waals surface area (Å²) in [5, 5.41) is 0.833. The Kier molecular flexibility index (Phi) is 3.10. The first kappa shape index (κ1) is 11.6. The number of nitrogens with two attached hydrogens (primary N) is 2. The maximum Gasteiger partial charge on any atom is 0.135 e. The third kappa shape index (κ3) is 2.45. The molecular weight excluding hydrogens is 216 g/mol. The second-order valence-corrected chi connectivity index (χ2v) is 4.09. The number of ether oxygens (including phenoxy) is 1. The Morgan fingerprint density at radius 2 is 2.12 bits per heavy atom. The van der Waals surface area contributed by atoms with Crippen LogP contribution in [0.1, 0.15) is 12.7 Å². The molecule has 1 heterocycles. The van der Waals surface area contributed by atoms with Crippen LogP contribution in [-0.2, 0) is 6.42 Å². The van der Waals surface area contributed by atoms with Crippen molar-refractivity contribution in [1.29, 1.82) is 0 Å². The minimum absolute atomic E-state index is 0.0115. The van der Waals surface area contributed by atoms with E-state index in [1.807, 2.05) is 25.1 Å². The minimum Gasteiger partial charge on any atom is -0.497 e. The van der Waals surface area contributed by atoms with Gasteiger partial charge in [-0.3, -0.25) is 0 Å². The first-order valence-corrected chi connectivity index (χ1v) is 5.46. The summed E-state index contributed by atoms with van der Waals surface area (Å²) < 4.78 is 5.16. The average Bonchev–Trinajstić information content (AvgIpc) is 2.27. The maximum absolute atomic E-state index is 5.89. The van der Waals surface area contributed by atoms with Crippen LogP contribution in [-0.4, -0.2) is 23.1 Å². The number of nitrogen functional groups attached to an aromatic ring is 1. The fraction of sp³-hybridized carbons (Fsp3) is 0.333. The van der Waals surface area contributed by atoms with Crippen LogP contribution in [0.5, 0.6) is 5.75 Å². The molecule has 0 aliphatic heterocycles. The van der Waals surface area contributed by atoms with Gasteiger partial charge in [-0.2, -0.15) is 0 Å². The number of aromatic nitrogens is 2. The van der Waals surface area contributed by atoms with Crippen molar-refractivity contribution in [2.75, 3.05) is 12.8 Å². The molecule has 2 rings (SSSR count). The lowest BCUT2D eigenvalue weighted by atomic mass is 10.2. The van der Waals surface area contributed by atoms with Crippen LogP contribution >= 0.6 is 0 Å². The Morgan fingerprint density at radius 3 is 2.76 bits per heavy atom. The van der Waals surface area contributed by atoms with E-state index in [1.54, 1.807) is 7.11 Å². The fourth-order valence-electron chi connectivity index (χ4n) is 1.69. The largest absolute Gasteiger partial charge is 0.497 e. The van der Waals surface area contributed by atoms with Gasteiger partial charge >= 0.3 is 0 Å². The van der Waals surface area contributed by atoms with Crippen LogP contribution in [0.4, 0.5) is 5.82 Å². The predicted octanol–water partition coefficient (Wildman–Crippen LogP) is 1.11. The summed E-state index contributed by atoms with van der Waals surface area (Å²) in [6.45, 7) is 1.91. The number of anilines is 1. The van der Waals surface area contributed by atoms with Crippen molar-refractivity contribution >= 4 is 16.7 Å². The lowest BCUT2D eigenvalue weighted by molar-refractivity contribution is 0.415. The zero-order chi connectivity index (χ0) is 12.4. The van der Waals surface area contributed by atoms with Crippen molar-refractivity contribution in [3.05, 3.63) is 24.0 Å². The van der Waals surface area contributed by atoms with Crippen LogP contribution < -0.4 is 16.2 Å². The zero-order valence-corrected chi connectivity index (χ0v) is 9.97. The topological polar surface area (TPSA) is 87.0 Å². The van der Waals surface area contributed by atoms with Crippen LogP contribution in [0.2, 0.25) is 0 Å². The van der Waals surface area contributed by atoms with E-state index in [0.717, 1.165) is 16.7 Å². The summed E-state index contributed by atoms with van der Waals surface area (Å²) in [5.74, 6) is 1.90. The van der Waals surface area contributed by atoms with Crippen LogP contribution in [0.3, 0.4) is 0 Å². The molecular formula is C12H16N4O. The molecule has 0 radical (unpaired) electrons. The van der Waals surface area contributed by atoms with Gasteiger partial charge in [-0.1, -0.05) is 0 Å². The highest BCUT2D eigenvalue weighted by atomic mass is 16.5. The van der Waals surface area contributed by atoms with E-state index in [-0.39, 0.29) is 6.04 Å². The Bertz CT molecular complexity index is 539. The summed E-state index contributed by atoms with van der Waals surface area (Å²) >= 11 is 0. The third-order valence-electron chi connectivity index (χ3n) is 2.48. The van der Waals surface area contributed by atoms with Crippen molar-refractivity contribution in [3.8, 4) is 5.75 Å². The molecule has 0 bridgehead atoms. The number of fused-ring (bicyclic) bond motifs is 1. The molecule has 0 amide bonds.